The fourth-order valence-electron chi connectivity index (χ4n) is 3.37. The third-order valence-corrected chi connectivity index (χ3v) is 6.01. The predicted octanol–water partition coefficient (Wildman–Crippen LogP) is 4.94. The molecule has 2 aromatic heterocycles. The van der Waals surface area contributed by atoms with Gasteiger partial charge in [-0.15, -0.1) is 10.2 Å². The van der Waals surface area contributed by atoms with Gasteiger partial charge >= 0.3 is 5.97 Å². The summed E-state index contributed by atoms with van der Waals surface area (Å²) >= 11 is 1.29. The van der Waals surface area contributed by atoms with Crippen LogP contribution < -0.4 is 5.32 Å². The van der Waals surface area contributed by atoms with Gasteiger partial charge in [0.05, 0.1) is 23.6 Å². The highest BCUT2D eigenvalue weighted by Crippen LogP contribution is 2.29. The van der Waals surface area contributed by atoms with Gasteiger partial charge in [0, 0.05) is 23.6 Å². The third-order valence-electron chi connectivity index (χ3n) is 5.08. The number of hydrogen-bond acceptors (Lipinski definition) is 7. The summed E-state index contributed by atoms with van der Waals surface area (Å²) < 4.78 is 7.07. The summed E-state index contributed by atoms with van der Waals surface area (Å²) in [6, 6.07) is 18.4. The molecule has 0 bridgehead atoms. The summed E-state index contributed by atoms with van der Waals surface area (Å²) in [5.41, 5.74) is 3.86. The van der Waals surface area contributed by atoms with E-state index in [0.717, 1.165) is 23.2 Å². The number of carbonyl (C=O) groups excluding carboxylic acids is 2. The average molecular weight is 488 g/mol. The number of nitrogens with one attached hydrogen (secondary N) is 1. The quantitative estimate of drug-likeness (QED) is 0.264. The molecule has 4 rings (SSSR count). The number of aryl methyl sites for hydroxylation is 1. The normalized spacial score (nSPS) is 10.7. The van der Waals surface area contributed by atoms with Crippen LogP contribution in [0, 0.1) is 6.92 Å². The van der Waals surface area contributed by atoms with Gasteiger partial charge in [0.15, 0.2) is 11.0 Å². The van der Waals surface area contributed by atoms with Crippen LogP contribution in [0.2, 0.25) is 0 Å². The van der Waals surface area contributed by atoms with Gasteiger partial charge < -0.3 is 10.1 Å². The minimum atomic E-state index is -0.375. The van der Waals surface area contributed by atoms with Crippen LogP contribution in [-0.2, 0) is 9.53 Å². The molecule has 1 amide bonds. The van der Waals surface area contributed by atoms with E-state index in [2.05, 4.69) is 20.5 Å². The van der Waals surface area contributed by atoms with Crippen LogP contribution in [0.25, 0.3) is 17.1 Å². The van der Waals surface area contributed by atoms with Crippen molar-refractivity contribution in [3.05, 3.63) is 84.2 Å². The molecule has 0 radical (unpaired) electrons. The molecule has 1 N–H and O–H groups in total. The van der Waals surface area contributed by atoms with Crippen LogP contribution in [0.4, 0.5) is 5.69 Å². The number of nitrogens with zero attached hydrogens (tertiary/aromatic N) is 4. The number of para-hydroxylation sites is 1. The monoisotopic (exact) mass is 487 g/mol. The van der Waals surface area contributed by atoms with Gasteiger partial charge in [0.2, 0.25) is 5.91 Å². The van der Waals surface area contributed by atoms with Crippen molar-refractivity contribution in [2.75, 3.05) is 17.7 Å². The summed E-state index contributed by atoms with van der Waals surface area (Å²) in [7, 11) is 0. The predicted molar refractivity (Wildman–Crippen MR) is 136 cm³/mol. The molecule has 0 fully saturated rings. The van der Waals surface area contributed by atoms with E-state index in [1.165, 1.54) is 11.8 Å². The average Bonchev–Trinajstić information content (AvgIpc) is 3.31. The Morgan fingerprint density at radius 2 is 1.83 bits per heavy atom. The number of hydrogen-bond donors (Lipinski definition) is 1. The number of pyridine rings is 1. The Morgan fingerprint density at radius 3 is 2.54 bits per heavy atom. The number of anilines is 1. The van der Waals surface area contributed by atoms with Crippen molar-refractivity contribution < 1.29 is 14.3 Å². The summed E-state index contributed by atoms with van der Waals surface area (Å²) in [6.07, 6.45) is 4.21. The van der Waals surface area contributed by atoms with Gasteiger partial charge in [0.1, 0.15) is 0 Å². The summed E-state index contributed by atoms with van der Waals surface area (Å²) in [4.78, 5) is 28.8. The van der Waals surface area contributed by atoms with Crippen LogP contribution in [-0.4, -0.2) is 44.0 Å². The van der Waals surface area contributed by atoms with E-state index in [1.54, 1.807) is 36.7 Å². The van der Waals surface area contributed by atoms with Crippen molar-refractivity contribution in [2.24, 2.45) is 0 Å². The number of aromatic nitrogens is 4. The Kier molecular flexibility index (Phi) is 7.89. The summed E-state index contributed by atoms with van der Waals surface area (Å²) in [6.45, 7) is 4.34. The second-order valence-corrected chi connectivity index (χ2v) is 8.66. The van der Waals surface area contributed by atoms with Crippen LogP contribution in [0.5, 0.6) is 0 Å². The number of amides is 1. The first-order valence-electron chi connectivity index (χ1n) is 11.2. The van der Waals surface area contributed by atoms with Crippen molar-refractivity contribution >= 4 is 29.3 Å². The van der Waals surface area contributed by atoms with E-state index in [1.807, 2.05) is 54.8 Å². The van der Waals surface area contributed by atoms with E-state index < -0.39 is 0 Å². The van der Waals surface area contributed by atoms with Crippen LogP contribution in [0.1, 0.15) is 29.3 Å². The fourth-order valence-corrected chi connectivity index (χ4v) is 4.12. The van der Waals surface area contributed by atoms with E-state index in [0.29, 0.717) is 28.8 Å². The highest BCUT2D eigenvalue weighted by Gasteiger charge is 2.18. The van der Waals surface area contributed by atoms with Gasteiger partial charge in [0.25, 0.3) is 0 Å². The molecular weight excluding hydrogens is 462 g/mol. The molecule has 9 heteroatoms. The van der Waals surface area contributed by atoms with E-state index in [-0.39, 0.29) is 17.6 Å². The fraction of sp³-hybridized carbons (Fsp3) is 0.192. The molecule has 4 aromatic rings. The molecule has 178 valence electrons. The lowest BCUT2D eigenvalue weighted by atomic mass is 10.2. The highest BCUT2D eigenvalue weighted by atomic mass is 32.2. The van der Waals surface area contributed by atoms with Gasteiger partial charge in [-0.3, -0.25) is 14.3 Å². The molecule has 0 saturated carbocycles. The molecule has 0 spiro atoms. The molecule has 8 nitrogen and oxygen atoms in total. The Labute approximate surface area is 207 Å². The van der Waals surface area contributed by atoms with Crippen molar-refractivity contribution in [1.82, 2.24) is 19.7 Å². The summed E-state index contributed by atoms with van der Waals surface area (Å²) in [5, 5.41) is 12.2. The molecule has 35 heavy (non-hydrogen) atoms. The molecule has 0 atom stereocenters. The molecule has 0 aliphatic heterocycles. The lowest BCUT2D eigenvalue weighted by Crippen LogP contribution is -2.15. The molecular formula is C26H25N5O3S. The zero-order chi connectivity index (χ0) is 24.6. The lowest BCUT2D eigenvalue weighted by Gasteiger charge is -2.12. The van der Waals surface area contributed by atoms with E-state index in [9.17, 15) is 9.59 Å². The summed E-state index contributed by atoms with van der Waals surface area (Å²) in [5.74, 6) is 0.219. The highest BCUT2D eigenvalue weighted by molar-refractivity contribution is 7.99. The molecule has 0 aliphatic rings. The topological polar surface area (TPSA) is 99.0 Å². The van der Waals surface area contributed by atoms with Gasteiger partial charge in [-0.1, -0.05) is 36.9 Å². The minimum absolute atomic E-state index is 0.136. The molecule has 0 saturated heterocycles. The smallest absolute Gasteiger partial charge is 0.338 e. The number of esters is 1. The first-order valence-corrected chi connectivity index (χ1v) is 12.2. The number of carbonyl (C=O) groups is 2. The van der Waals surface area contributed by atoms with Crippen molar-refractivity contribution in [3.8, 4) is 17.1 Å². The van der Waals surface area contributed by atoms with E-state index >= 15 is 0 Å². The standard InChI is InChI=1S/C26H25N5O3S/c1-3-15-34-25(33)19-10-12-21(13-11-19)28-23(32)17-35-26-30-29-24(20-8-6-14-27-16-20)31(26)22-9-5-4-7-18(22)2/h4-14,16H,3,15,17H2,1-2H3,(H,28,32). The van der Waals surface area contributed by atoms with Crippen molar-refractivity contribution in [1.29, 1.82) is 0 Å². The van der Waals surface area contributed by atoms with Crippen LogP contribution in [0.3, 0.4) is 0 Å². The zero-order valence-electron chi connectivity index (χ0n) is 19.5. The molecule has 0 unspecified atom stereocenters. The van der Waals surface area contributed by atoms with Gasteiger partial charge in [-0.25, -0.2) is 4.79 Å². The van der Waals surface area contributed by atoms with Gasteiger partial charge in [-0.05, 0) is 61.4 Å². The number of ether oxygens (including phenoxy) is 1. The maximum atomic E-state index is 12.6. The largest absolute Gasteiger partial charge is 0.462 e. The molecule has 0 aliphatic carbocycles. The van der Waals surface area contributed by atoms with Crippen molar-refractivity contribution in [2.45, 2.75) is 25.4 Å². The van der Waals surface area contributed by atoms with Crippen molar-refractivity contribution in [3.63, 3.8) is 0 Å². The lowest BCUT2D eigenvalue weighted by molar-refractivity contribution is -0.113. The number of benzene rings is 2. The zero-order valence-corrected chi connectivity index (χ0v) is 20.3. The first kappa shape index (κ1) is 24.2. The Bertz CT molecular complexity index is 1310. The van der Waals surface area contributed by atoms with Crippen LogP contribution >= 0.6 is 11.8 Å². The SMILES string of the molecule is CCCOC(=O)c1ccc(NC(=O)CSc2nnc(-c3cccnc3)n2-c2ccccc2C)cc1. The second-order valence-electron chi connectivity index (χ2n) is 7.72. The molecule has 2 aromatic carbocycles. The first-order chi connectivity index (χ1) is 17.1. The minimum Gasteiger partial charge on any atom is -0.462 e. The molecule has 2 heterocycles. The van der Waals surface area contributed by atoms with E-state index in [4.69, 9.17) is 4.74 Å². The third kappa shape index (κ3) is 5.93. The Hall–Kier alpha value is -3.98. The maximum Gasteiger partial charge on any atom is 0.338 e. The Morgan fingerprint density at radius 1 is 1.03 bits per heavy atom. The number of rotatable bonds is 9. The van der Waals surface area contributed by atoms with Crippen LogP contribution in [0.15, 0.2) is 78.2 Å². The second kappa shape index (κ2) is 11.4. The van der Waals surface area contributed by atoms with Gasteiger partial charge in [-0.2, -0.15) is 0 Å². The number of thioether (sulfide) groups is 1. The Balaban J connectivity index is 1.48. The maximum absolute atomic E-state index is 12.6.